The second-order valence-electron chi connectivity index (χ2n) is 7.71. The number of hydrogen-bond donors (Lipinski definition) is 0. The van der Waals surface area contributed by atoms with Crippen LogP contribution in [0.15, 0.2) is 58.8 Å². The molecule has 0 spiro atoms. The number of nitrogens with zero attached hydrogens (tertiary/aromatic N) is 4. The molecule has 2 aromatic carbocycles. The number of anilines is 1. The lowest BCUT2D eigenvalue weighted by Crippen LogP contribution is -2.30. The van der Waals surface area contributed by atoms with Gasteiger partial charge in [-0.1, -0.05) is 61.1 Å². The van der Waals surface area contributed by atoms with Crippen LogP contribution in [0.1, 0.15) is 53.9 Å². The van der Waals surface area contributed by atoms with Crippen LogP contribution >= 0.6 is 22.9 Å². The smallest absolute Gasteiger partial charge is 0.325 e. The fourth-order valence-corrected chi connectivity index (χ4v) is 4.11. The summed E-state index contributed by atoms with van der Waals surface area (Å²) < 4.78 is 5.53. The summed E-state index contributed by atoms with van der Waals surface area (Å²) >= 11 is 6.92. The Morgan fingerprint density at radius 1 is 1.21 bits per heavy atom. The fraction of sp³-hybridized carbons (Fsp3) is 0.320. The maximum atomic E-state index is 12.5. The number of esters is 1. The predicted octanol–water partition coefficient (Wildman–Crippen LogP) is 7.11. The van der Waals surface area contributed by atoms with Crippen molar-refractivity contribution < 1.29 is 14.3 Å². The maximum Gasteiger partial charge on any atom is 0.325 e. The summed E-state index contributed by atoms with van der Waals surface area (Å²) in [6.07, 6.45) is 1.71. The van der Waals surface area contributed by atoms with Crippen LogP contribution in [0.2, 0.25) is 5.15 Å². The summed E-state index contributed by atoms with van der Waals surface area (Å²) in [7, 11) is 0. The number of azo groups is 1. The van der Waals surface area contributed by atoms with Crippen molar-refractivity contribution in [2.24, 2.45) is 10.2 Å². The number of benzene rings is 2. The monoisotopic (exact) mass is 498 g/mol. The number of thiazole rings is 1. The van der Waals surface area contributed by atoms with Crippen LogP contribution in [0.4, 0.5) is 16.5 Å². The Morgan fingerprint density at radius 3 is 2.62 bits per heavy atom. The lowest BCUT2D eigenvalue weighted by atomic mass is 9.97. The molecule has 0 aliphatic rings. The second kappa shape index (κ2) is 12.4. The fourth-order valence-electron chi connectivity index (χ4n) is 3.22. The highest BCUT2D eigenvalue weighted by atomic mass is 35.5. The number of carbonyl (C=O) groups is 2. The molecule has 0 N–H and O–H groups in total. The topological polar surface area (TPSA) is 84.2 Å². The van der Waals surface area contributed by atoms with Gasteiger partial charge in [-0.15, -0.1) is 10.2 Å². The lowest BCUT2D eigenvalue weighted by Gasteiger charge is -2.22. The number of rotatable bonds is 11. The predicted molar refractivity (Wildman–Crippen MR) is 136 cm³/mol. The summed E-state index contributed by atoms with van der Waals surface area (Å²) in [6.45, 7) is 7.38. The van der Waals surface area contributed by atoms with E-state index in [9.17, 15) is 9.59 Å². The molecule has 0 bridgehead atoms. The van der Waals surface area contributed by atoms with Crippen LogP contribution in [0.5, 0.6) is 0 Å². The van der Waals surface area contributed by atoms with Crippen molar-refractivity contribution in [3.63, 3.8) is 0 Å². The van der Waals surface area contributed by atoms with Gasteiger partial charge in [-0.05, 0) is 54.7 Å². The van der Waals surface area contributed by atoms with Gasteiger partial charge in [-0.25, -0.2) is 4.98 Å². The Hall–Kier alpha value is -3.10. The van der Waals surface area contributed by atoms with Crippen molar-refractivity contribution in [2.75, 3.05) is 18.0 Å². The first-order valence-corrected chi connectivity index (χ1v) is 12.3. The Bertz CT molecular complexity index is 1150. The molecule has 9 heteroatoms. The molecule has 34 heavy (non-hydrogen) atoms. The Kier molecular flexibility index (Phi) is 9.30. The van der Waals surface area contributed by atoms with Crippen LogP contribution in [0.25, 0.3) is 0 Å². The number of aromatic nitrogens is 1. The van der Waals surface area contributed by atoms with Crippen molar-refractivity contribution in [3.8, 4) is 0 Å². The van der Waals surface area contributed by atoms with E-state index in [1.807, 2.05) is 36.1 Å². The average Bonchev–Trinajstić information content (AvgIpc) is 3.24. The zero-order valence-corrected chi connectivity index (χ0v) is 21.0. The molecule has 1 heterocycles. The highest BCUT2D eigenvalue weighted by Crippen LogP contribution is 2.29. The third-order valence-electron chi connectivity index (χ3n) is 5.41. The molecule has 0 aliphatic heterocycles. The van der Waals surface area contributed by atoms with Gasteiger partial charge in [0.05, 0.1) is 5.69 Å². The van der Waals surface area contributed by atoms with Crippen LogP contribution in [0.3, 0.4) is 0 Å². The first-order valence-electron chi connectivity index (χ1n) is 11.1. The van der Waals surface area contributed by atoms with Gasteiger partial charge in [0.1, 0.15) is 18.0 Å². The molecule has 0 amide bonds. The first kappa shape index (κ1) is 25.5. The molecule has 0 radical (unpaired) electrons. The third-order valence-corrected chi connectivity index (χ3v) is 6.67. The van der Waals surface area contributed by atoms with Gasteiger partial charge in [-0.3, -0.25) is 9.59 Å². The minimum absolute atomic E-state index is 0.123. The van der Waals surface area contributed by atoms with Crippen LogP contribution in [-0.2, 0) is 16.1 Å². The summed E-state index contributed by atoms with van der Waals surface area (Å²) in [5.41, 5.74) is 3.73. The summed E-state index contributed by atoms with van der Waals surface area (Å²) in [4.78, 5) is 29.6. The van der Waals surface area contributed by atoms with Crippen LogP contribution in [-0.4, -0.2) is 30.3 Å². The molecule has 3 aromatic rings. The number of aldehydes is 1. The number of halogens is 1. The van der Waals surface area contributed by atoms with Gasteiger partial charge in [0.2, 0.25) is 5.13 Å². The standard InChI is InChI=1S/C25H27ClN4O3S/c1-4-17(3)19-8-6-7-18(13-19)16-33-23(32)14-30(5-2)21-11-9-20(10-12-21)28-29-25-27-24(26)22(15-31)34-25/h6-13,15,17H,4-5,14,16H2,1-3H3/t17-/m0/s1. The maximum absolute atomic E-state index is 12.5. The van der Waals surface area contributed by atoms with E-state index in [4.69, 9.17) is 16.3 Å². The van der Waals surface area contributed by atoms with E-state index in [2.05, 4.69) is 41.2 Å². The van der Waals surface area contributed by atoms with Gasteiger partial charge >= 0.3 is 5.97 Å². The molecular weight excluding hydrogens is 472 g/mol. The summed E-state index contributed by atoms with van der Waals surface area (Å²) in [5, 5.41) is 8.59. The van der Waals surface area contributed by atoms with Crippen molar-refractivity contribution in [3.05, 3.63) is 69.7 Å². The lowest BCUT2D eigenvalue weighted by molar-refractivity contribution is -0.143. The molecule has 178 valence electrons. The van der Waals surface area contributed by atoms with Crippen molar-refractivity contribution in [1.29, 1.82) is 0 Å². The van der Waals surface area contributed by atoms with Crippen molar-refractivity contribution >= 4 is 51.7 Å². The first-order chi connectivity index (χ1) is 16.4. The SMILES string of the molecule is CC[C@H](C)c1cccc(COC(=O)CN(CC)c2ccc(N=Nc3nc(Cl)c(C=O)s3)cc2)c1. The molecule has 1 aromatic heterocycles. The largest absolute Gasteiger partial charge is 0.459 e. The number of ether oxygens (including phenoxy) is 1. The van der Waals surface area contributed by atoms with Gasteiger partial charge in [0.25, 0.3) is 0 Å². The molecule has 1 atom stereocenters. The van der Waals surface area contributed by atoms with Crippen molar-refractivity contribution in [1.82, 2.24) is 4.98 Å². The van der Waals surface area contributed by atoms with Gasteiger partial charge in [0.15, 0.2) is 11.4 Å². The Balaban J connectivity index is 1.56. The number of hydrogen-bond acceptors (Lipinski definition) is 8. The minimum Gasteiger partial charge on any atom is -0.459 e. The molecule has 7 nitrogen and oxygen atoms in total. The minimum atomic E-state index is -0.286. The van der Waals surface area contributed by atoms with E-state index < -0.39 is 0 Å². The second-order valence-corrected chi connectivity index (χ2v) is 9.08. The average molecular weight is 499 g/mol. The molecule has 0 fully saturated rings. The third kappa shape index (κ3) is 6.95. The van der Waals surface area contributed by atoms with Crippen LogP contribution in [0, 0.1) is 0 Å². The zero-order valence-electron chi connectivity index (χ0n) is 19.4. The normalized spacial score (nSPS) is 12.0. The Morgan fingerprint density at radius 2 is 1.97 bits per heavy atom. The van der Waals surface area contributed by atoms with E-state index in [1.165, 1.54) is 5.56 Å². The quantitative estimate of drug-likeness (QED) is 0.160. The van der Waals surface area contributed by atoms with Gasteiger partial charge in [-0.2, -0.15) is 0 Å². The molecule has 0 unspecified atom stereocenters. The van der Waals surface area contributed by atoms with E-state index in [0.29, 0.717) is 34.4 Å². The highest BCUT2D eigenvalue weighted by Gasteiger charge is 2.12. The molecular formula is C25H27ClN4O3S. The van der Waals surface area contributed by atoms with E-state index in [1.54, 1.807) is 12.1 Å². The highest BCUT2D eigenvalue weighted by molar-refractivity contribution is 7.17. The molecule has 0 aliphatic carbocycles. The van der Waals surface area contributed by atoms with Gasteiger partial charge < -0.3 is 9.64 Å². The van der Waals surface area contributed by atoms with E-state index >= 15 is 0 Å². The number of likely N-dealkylation sites (N-methyl/N-ethyl adjacent to an activating group) is 1. The van der Waals surface area contributed by atoms with Crippen LogP contribution < -0.4 is 4.90 Å². The Labute approximate surface area is 208 Å². The summed E-state index contributed by atoms with van der Waals surface area (Å²) in [6, 6.07) is 15.5. The summed E-state index contributed by atoms with van der Waals surface area (Å²) in [5.74, 6) is 0.188. The van der Waals surface area contributed by atoms with E-state index in [0.717, 1.165) is 29.0 Å². The van der Waals surface area contributed by atoms with Crippen molar-refractivity contribution in [2.45, 2.75) is 39.7 Å². The van der Waals surface area contributed by atoms with Gasteiger partial charge in [0, 0.05) is 12.2 Å². The molecule has 3 rings (SSSR count). The van der Waals surface area contributed by atoms with E-state index in [-0.39, 0.29) is 24.3 Å². The molecule has 0 saturated carbocycles. The zero-order chi connectivity index (χ0) is 24.5. The number of carbonyl (C=O) groups excluding carboxylic acids is 2. The molecule has 0 saturated heterocycles.